The van der Waals surface area contributed by atoms with Crippen molar-refractivity contribution in [2.45, 2.75) is 32.1 Å². The summed E-state index contributed by atoms with van der Waals surface area (Å²) < 4.78 is 3.80. The van der Waals surface area contributed by atoms with Crippen LogP contribution in [0.15, 0.2) is 69.3 Å². The molecule has 2 aromatic heterocycles. The zero-order valence-electron chi connectivity index (χ0n) is 18.7. The Hall–Kier alpha value is -3.99. The van der Waals surface area contributed by atoms with Crippen LogP contribution in [0.4, 0.5) is 5.82 Å². The summed E-state index contributed by atoms with van der Waals surface area (Å²) in [5, 5.41) is 12.1. The summed E-state index contributed by atoms with van der Waals surface area (Å²) in [4.78, 5) is 39.0. The van der Waals surface area contributed by atoms with Gasteiger partial charge in [0, 0.05) is 6.54 Å². The minimum absolute atomic E-state index is 0.117. The summed E-state index contributed by atoms with van der Waals surface area (Å²) in [6.07, 6.45) is 0. The van der Waals surface area contributed by atoms with Gasteiger partial charge in [0.1, 0.15) is 11.4 Å². The van der Waals surface area contributed by atoms with Gasteiger partial charge < -0.3 is 5.73 Å². The number of tetrazole rings is 1. The molecule has 0 unspecified atom stereocenters. The molecule has 0 bridgehead atoms. The summed E-state index contributed by atoms with van der Waals surface area (Å²) in [6, 6.07) is 16.8. The summed E-state index contributed by atoms with van der Waals surface area (Å²) in [5.74, 6) is -0.776. The Balaban J connectivity index is 1.65. The van der Waals surface area contributed by atoms with Gasteiger partial charge in [0.2, 0.25) is 5.16 Å². The highest BCUT2D eigenvalue weighted by Gasteiger charge is 2.23. The number of carbonyl (C=O) groups is 1. The van der Waals surface area contributed by atoms with Gasteiger partial charge in [-0.15, -0.1) is 5.10 Å². The number of thioether (sulfide) groups is 1. The van der Waals surface area contributed by atoms with Gasteiger partial charge in [-0.3, -0.25) is 18.7 Å². The van der Waals surface area contributed by atoms with Crippen LogP contribution in [0.25, 0.3) is 5.69 Å². The average molecular weight is 478 g/mol. The number of nitrogen functional groups attached to an aromatic ring is 1. The predicted molar refractivity (Wildman–Crippen MR) is 130 cm³/mol. The fourth-order valence-electron chi connectivity index (χ4n) is 3.57. The van der Waals surface area contributed by atoms with E-state index in [1.165, 1.54) is 9.25 Å². The van der Waals surface area contributed by atoms with Crippen molar-refractivity contribution in [1.82, 2.24) is 29.3 Å². The molecule has 2 N–H and O–H groups in total. The van der Waals surface area contributed by atoms with Gasteiger partial charge in [0.25, 0.3) is 5.56 Å². The molecule has 0 aliphatic carbocycles. The number of aryl methyl sites for hydroxylation is 1. The lowest BCUT2D eigenvalue weighted by Gasteiger charge is -2.15. The molecule has 0 aliphatic heterocycles. The zero-order chi connectivity index (χ0) is 24.2. The van der Waals surface area contributed by atoms with Crippen molar-refractivity contribution in [3.63, 3.8) is 0 Å². The lowest BCUT2D eigenvalue weighted by Crippen LogP contribution is -2.44. The number of rotatable bonds is 8. The first-order chi connectivity index (χ1) is 16.4. The number of nitrogens with two attached hydrogens (primary N) is 1. The average Bonchev–Trinajstić information content (AvgIpc) is 3.30. The molecule has 0 fully saturated rings. The lowest BCUT2D eigenvalue weighted by atomic mass is 10.2. The van der Waals surface area contributed by atoms with Crippen LogP contribution < -0.4 is 17.0 Å². The van der Waals surface area contributed by atoms with Crippen molar-refractivity contribution >= 4 is 23.4 Å². The largest absolute Gasteiger partial charge is 0.384 e. The molecule has 0 saturated carbocycles. The van der Waals surface area contributed by atoms with Crippen molar-refractivity contribution in [3.8, 4) is 5.69 Å². The van der Waals surface area contributed by atoms with Crippen LogP contribution in [-0.2, 0) is 13.1 Å². The molecule has 4 rings (SSSR count). The first-order valence-electron chi connectivity index (χ1n) is 10.6. The minimum Gasteiger partial charge on any atom is -0.384 e. The molecule has 10 nitrogen and oxygen atoms in total. The van der Waals surface area contributed by atoms with Crippen LogP contribution in [0.5, 0.6) is 0 Å². The van der Waals surface area contributed by atoms with E-state index in [1.54, 1.807) is 6.92 Å². The van der Waals surface area contributed by atoms with E-state index in [-0.39, 0.29) is 30.2 Å². The molecule has 2 aromatic carbocycles. The number of benzene rings is 2. The fraction of sp³-hybridized carbons (Fsp3) is 0.217. The summed E-state index contributed by atoms with van der Waals surface area (Å²) in [6.45, 7) is 3.89. The topological polar surface area (TPSA) is 131 Å². The van der Waals surface area contributed by atoms with E-state index in [1.807, 2.05) is 61.5 Å². The maximum absolute atomic E-state index is 13.2. The highest BCUT2D eigenvalue weighted by atomic mass is 32.2. The van der Waals surface area contributed by atoms with Gasteiger partial charge in [-0.05, 0) is 47.5 Å². The van der Waals surface area contributed by atoms with E-state index in [0.717, 1.165) is 33.1 Å². The molecule has 174 valence electrons. The molecular weight excluding hydrogens is 454 g/mol. The number of aromatic nitrogens is 6. The fourth-order valence-corrected chi connectivity index (χ4v) is 4.33. The molecule has 2 heterocycles. The number of hydrogen-bond donors (Lipinski definition) is 1. The molecule has 4 aromatic rings. The first-order valence-corrected chi connectivity index (χ1v) is 11.6. The van der Waals surface area contributed by atoms with Gasteiger partial charge in [-0.25, -0.2) is 4.79 Å². The second-order valence-corrected chi connectivity index (χ2v) is 8.53. The summed E-state index contributed by atoms with van der Waals surface area (Å²) in [5.41, 5.74) is 7.37. The van der Waals surface area contributed by atoms with Crippen LogP contribution in [0, 0.1) is 6.92 Å². The highest BCUT2D eigenvalue weighted by Crippen LogP contribution is 2.20. The van der Waals surface area contributed by atoms with Crippen LogP contribution in [0.2, 0.25) is 0 Å². The van der Waals surface area contributed by atoms with E-state index in [2.05, 4.69) is 15.5 Å². The molecule has 11 heteroatoms. The summed E-state index contributed by atoms with van der Waals surface area (Å²) >= 11 is 1.09. The second-order valence-electron chi connectivity index (χ2n) is 7.59. The van der Waals surface area contributed by atoms with Gasteiger partial charge in [0.05, 0.1) is 18.0 Å². The molecular formula is C23H23N7O3S. The van der Waals surface area contributed by atoms with Crippen molar-refractivity contribution in [2.24, 2.45) is 0 Å². The lowest BCUT2D eigenvalue weighted by molar-refractivity contribution is 0.102. The molecule has 0 spiro atoms. The number of carbonyl (C=O) groups excluding carboxylic acids is 1. The Bertz CT molecular complexity index is 1460. The van der Waals surface area contributed by atoms with Gasteiger partial charge in [-0.2, -0.15) is 4.68 Å². The highest BCUT2D eigenvalue weighted by molar-refractivity contribution is 7.99. The smallest absolute Gasteiger partial charge is 0.332 e. The third-order valence-electron chi connectivity index (χ3n) is 5.27. The van der Waals surface area contributed by atoms with Crippen LogP contribution >= 0.6 is 11.8 Å². The molecule has 0 amide bonds. The number of nitrogens with zero attached hydrogens (tertiary/aromatic N) is 6. The number of Topliss-reactive ketones (excluding diaryl/α,β-unsaturated/α-hetero) is 1. The van der Waals surface area contributed by atoms with Crippen LogP contribution in [-0.4, -0.2) is 40.9 Å². The number of anilines is 1. The molecule has 0 radical (unpaired) electrons. The maximum atomic E-state index is 13.2. The standard InChI is InChI=1S/C23H23N7O3S/c1-3-28-21(32)19(20(24)29(23(28)33)13-16-9-5-4-6-10-16)18(31)14-34-22-25-26-27-30(22)17-11-7-8-15(2)12-17/h4-12H,3,13-14,24H2,1-2H3. The monoisotopic (exact) mass is 477 g/mol. The van der Waals surface area contributed by atoms with Crippen molar-refractivity contribution < 1.29 is 4.79 Å². The van der Waals surface area contributed by atoms with Crippen molar-refractivity contribution in [2.75, 3.05) is 11.5 Å². The van der Waals surface area contributed by atoms with E-state index in [4.69, 9.17) is 5.73 Å². The number of hydrogen-bond acceptors (Lipinski definition) is 8. The van der Waals surface area contributed by atoms with Crippen LogP contribution in [0.3, 0.4) is 0 Å². The Morgan fingerprint density at radius 3 is 2.53 bits per heavy atom. The molecule has 0 saturated heterocycles. The Kier molecular flexibility index (Phi) is 6.73. The van der Waals surface area contributed by atoms with Crippen LogP contribution in [0.1, 0.15) is 28.4 Å². The molecule has 0 aliphatic rings. The molecule has 34 heavy (non-hydrogen) atoms. The maximum Gasteiger partial charge on any atom is 0.332 e. The predicted octanol–water partition coefficient (Wildman–Crippen LogP) is 1.92. The second kappa shape index (κ2) is 9.87. The van der Waals surface area contributed by atoms with Crippen molar-refractivity contribution in [3.05, 3.63) is 92.1 Å². The third-order valence-corrected chi connectivity index (χ3v) is 6.19. The van der Waals surface area contributed by atoms with E-state index < -0.39 is 17.0 Å². The molecule has 0 atom stereocenters. The van der Waals surface area contributed by atoms with E-state index in [0.29, 0.717) is 5.16 Å². The van der Waals surface area contributed by atoms with Gasteiger partial charge in [0.15, 0.2) is 5.78 Å². The van der Waals surface area contributed by atoms with Gasteiger partial charge >= 0.3 is 5.69 Å². The first kappa shape index (κ1) is 23.2. The Morgan fingerprint density at radius 2 is 1.82 bits per heavy atom. The SMILES string of the molecule is CCn1c(=O)c(C(=O)CSc2nnnn2-c2cccc(C)c2)c(N)n(Cc2ccccc2)c1=O. The van der Waals surface area contributed by atoms with Gasteiger partial charge in [-0.1, -0.05) is 54.2 Å². The third kappa shape index (κ3) is 4.55. The summed E-state index contributed by atoms with van der Waals surface area (Å²) in [7, 11) is 0. The number of ketones is 1. The Morgan fingerprint density at radius 1 is 1.06 bits per heavy atom. The normalized spacial score (nSPS) is 11.0. The Labute approximate surface area is 199 Å². The van der Waals surface area contributed by atoms with E-state index in [9.17, 15) is 14.4 Å². The zero-order valence-corrected chi connectivity index (χ0v) is 19.5. The van der Waals surface area contributed by atoms with E-state index >= 15 is 0 Å². The quantitative estimate of drug-likeness (QED) is 0.301. The van der Waals surface area contributed by atoms with Crippen molar-refractivity contribution in [1.29, 1.82) is 0 Å². The minimum atomic E-state index is -0.696.